The number of anilines is 3. The Hall–Kier alpha value is -5.23. The Morgan fingerprint density at radius 3 is 2.30 bits per heavy atom. The first-order valence-corrected chi connectivity index (χ1v) is 14.3. The summed E-state index contributed by atoms with van der Waals surface area (Å²) in [6.45, 7) is 2.21. The fourth-order valence-electron chi connectivity index (χ4n) is 4.29. The number of carbonyl (C=O) groups excluding carboxylic acids is 3. The van der Waals surface area contributed by atoms with Crippen LogP contribution in [0.1, 0.15) is 37.4 Å². The number of alkyl halides is 3. The third-order valence-electron chi connectivity index (χ3n) is 6.61. The minimum absolute atomic E-state index is 0.00706. The number of fused-ring (bicyclic) bond motifs is 1. The fourth-order valence-corrected chi connectivity index (χ4v) is 5.19. The number of rotatable bonds is 8. The van der Waals surface area contributed by atoms with Gasteiger partial charge in [-0.1, -0.05) is 53.8 Å². The summed E-state index contributed by atoms with van der Waals surface area (Å²) in [6, 6.07) is 23.3. The van der Waals surface area contributed by atoms with Crippen LogP contribution in [0.4, 0.5) is 34.5 Å². The van der Waals surface area contributed by atoms with Crippen LogP contribution in [-0.4, -0.2) is 29.4 Å². The molecule has 0 atom stereocenters. The van der Waals surface area contributed by atoms with E-state index in [1.54, 1.807) is 31.2 Å². The van der Waals surface area contributed by atoms with Gasteiger partial charge in [0.2, 0.25) is 0 Å². The number of nitrogens with one attached hydrogen (secondary N) is 4. The first-order valence-electron chi connectivity index (χ1n) is 13.5. The molecule has 0 saturated heterocycles. The van der Waals surface area contributed by atoms with Crippen LogP contribution < -0.4 is 21.3 Å². The van der Waals surface area contributed by atoms with E-state index in [1.807, 2.05) is 30.3 Å². The van der Waals surface area contributed by atoms with Gasteiger partial charge in [0.1, 0.15) is 0 Å². The molecule has 12 heteroatoms. The second kappa shape index (κ2) is 13.0. The highest BCUT2D eigenvalue weighted by Gasteiger charge is 2.30. The number of carbonyl (C=O) groups is 3. The average molecular weight is 618 g/mol. The Bertz CT molecular complexity index is 1840. The van der Waals surface area contributed by atoms with Gasteiger partial charge in [-0.25, -0.2) is 9.78 Å². The van der Waals surface area contributed by atoms with Crippen LogP contribution in [0.15, 0.2) is 91.0 Å². The lowest BCUT2D eigenvalue weighted by Gasteiger charge is -2.12. The first kappa shape index (κ1) is 30.2. The monoisotopic (exact) mass is 617 g/mol. The Labute approximate surface area is 254 Å². The van der Waals surface area contributed by atoms with E-state index in [1.165, 1.54) is 35.6 Å². The molecule has 0 aliphatic rings. The maximum atomic E-state index is 13.1. The van der Waals surface area contributed by atoms with Gasteiger partial charge in [-0.05, 0) is 73.0 Å². The van der Waals surface area contributed by atoms with Gasteiger partial charge in [-0.15, -0.1) is 0 Å². The van der Waals surface area contributed by atoms with Crippen molar-refractivity contribution in [3.05, 3.63) is 119 Å². The Kier molecular flexibility index (Phi) is 8.91. The summed E-state index contributed by atoms with van der Waals surface area (Å²) >= 11 is 1.22. The molecule has 1 aromatic heterocycles. The smallest absolute Gasteiger partial charge is 0.337 e. The molecule has 8 nitrogen and oxygen atoms in total. The van der Waals surface area contributed by atoms with E-state index < -0.39 is 23.6 Å². The molecule has 4 amide bonds. The summed E-state index contributed by atoms with van der Waals surface area (Å²) in [4.78, 5) is 42.7. The minimum Gasteiger partial charge on any atom is -0.337 e. The number of aromatic nitrogens is 1. The molecule has 0 bridgehead atoms. The lowest BCUT2D eigenvalue weighted by atomic mass is 10.1. The molecule has 5 rings (SSSR count). The summed E-state index contributed by atoms with van der Waals surface area (Å²) in [5, 5.41) is 11.2. The minimum atomic E-state index is -4.54. The molecule has 0 aliphatic carbocycles. The molecule has 0 unspecified atom stereocenters. The zero-order valence-corrected chi connectivity index (χ0v) is 24.1. The van der Waals surface area contributed by atoms with Gasteiger partial charge in [-0.2, -0.15) is 13.2 Å². The molecular formula is C32H26F3N5O3S. The van der Waals surface area contributed by atoms with Crippen LogP contribution in [0.25, 0.3) is 10.2 Å². The van der Waals surface area contributed by atoms with E-state index in [4.69, 9.17) is 0 Å². The fraction of sp³-hybridized carbons (Fsp3) is 0.125. The van der Waals surface area contributed by atoms with Crippen molar-refractivity contribution in [3.63, 3.8) is 0 Å². The molecule has 0 fully saturated rings. The van der Waals surface area contributed by atoms with Crippen LogP contribution >= 0.6 is 11.3 Å². The zero-order chi connectivity index (χ0) is 31.3. The van der Waals surface area contributed by atoms with Crippen molar-refractivity contribution in [2.45, 2.75) is 19.5 Å². The van der Waals surface area contributed by atoms with Crippen molar-refractivity contribution in [1.82, 2.24) is 10.3 Å². The van der Waals surface area contributed by atoms with Gasteiger partial charge < -0.3 is 16.0 Å². The van der Waals surface area contributed by atoms with Gasteiger partial charge >= 0.3 is 12.2 Å². The van der Waals surface area contributed by atoms with Crippen molar-refractivity contribution in [2.24, 2.45) is 0 Å². The molecule has 0 aliphatic heterocycles. The average Bonchev–Trinajstić information content (AvgIpc) is 3.40. The Morgan fingerprint density at radius 1 is 0.795 bits per heavy atom. The summed E-state index contributed by atoms with van der Waals surface area (Å²) in [6.07, 6.45) is -3.85. The van der Waals surface area contributed by atoms with Gasteiger partial charge in [0.15, 0.2) is 5.13 Å². The maximum absolute atomic E-state index is 13.1. The summed E-state index contributed by atoms with van der Waals surface area (Å²) in [7, 11) is 0. The van der Waals surface area contributed by atoms with E-state index in [-0.39, 0.29) is 17.3 Å². The summed E-state index contributed by atoms with van der Waals surface area (Å²) in [5.74, 6) is -1.07. The predicted molar refractivity (Wildman–Crippen MR) is 165 cm³/mol. The van der Waals surface area contributed by atoms with Crippen molar-refractivity contribution >= 4 is 55.9 Å². The van der Waals surface area contributed by atoms with Crippen molar-refractivity contribution in [2.75, 3.05) is 22.5 Å². The highest BCUT2D eigenvalue weighted by atomic mass is 32.1. The number of hydrogen-bond donors (Lipinski definition) is 4. The van der Waals surface area contributed by atoms with Crippen LogP contribution in [0.5, 0.6) is 0 Å². The molecule has 1 heterocycles. The number of thiazole rings is 1. The topological polar surface area (TPSA) is 112 Å². The molecule has 4 N–H and O–H groups in total. The largest absolute Gasteiger partial charge is 0.416 e. The molecule has 224 valence electrons. The normalized spacial score (nSPS) is 11.2. The van der Waals surface area contributed by atoms with Gasteiger partial charge in [0.25, 0.3) is 11.8 Å². The Balaban J connectivity index is 1.22. The molecule has 4 aromatic carbocycles. The first-order chi connectivity index (χ1) is 21.0. The van der Waals surface area contributed by atoms with Crippen LogP contribution in [0, 0.1) is 6.92 Å². The highest BCUT2D eigenvalue weighted by molar-refractivity contribution is 7.22. The number of amides is 4. The Morgan fingerprint density at radius 2 is 1.52 bits per heavy atom. The molecule has 0 radical (unpaired) electrons. The molecule has 0 spiro atoms. The van der Waals surface area contributed by atoms with Crippen LogP contribution in [0.3, 0.4) is 0 Å². The summed E-state index contributed by atoms with van der Waals surface area (Å²) in [5.41, 5.74) is 2.36. The quantitative estimate of drug-likeness (QED) is 0.145. The number of nitrogens with zero attached hydrogens (tertiary/aromatic N) is 1. The second-order valence-electron chi connectivity index (χ2n) is 9.83. The molecule has 5 aromatic rings. The standard InChI is InChI=1S/C32H26F3N5O3S/c1-19-10-11-21(28(41)37-24-9-5-8-23(18-24)32(33,34)35)16-26(19)38-29(42)22-12-13-25-27(17-22)44-31(39-25)40-30(43)36-15-14-20-6-3-2-4-7-20/h2-13,16-18H,14-15H2,1H3,(H,37,41)(H,38,42)(H2,36,39,40,43). The second-order valence-corrected chi connectivity index (χ2v) is 10.9. The predicted octanol–water partition coefficient (Wildman–Crippen LogP) is 7.49. The SMILES string of the molecule is Cc1ccc(C(=O)Nc2cccc(C(F)(F)F)c2)cc1NC(=O)c1ccc2nc(NC(=O)NCCc3ccccc3)sc2c1. The van der Waals surface area contributed by atoms with Crippen molar-refractivity contribution in [3.8, 4) is 0 Å². The lowest BCUT2D eigenvalue weighted by molar-refractivity contribution is -0.137. The van der Waals surface area contributed by atoms with Gasteiger partial charge in [0.05, 0.1) is 15.8 Å². The number of aryl methyl sites for hydroxylation is 1. The zero-order valence-electron chi connectivity index (χ0n) is 23.3. The van der Waals surface area contributed by atoms with Gasteiger partial charge in [0, 0.05) is 29.0 Å². The van der Waals surface area contributed by atoms with E-state index in [2.05, 4.69) is 26.3 Å². The molecule has 44 heavy (non-hydrogen) atoms. The molecule has 0 saturated carbocycles. The van der Waals surface area contributed by atoms with E-state index in [0.717, 1.165) is 17.7 Å². The third-order valence-corrected chi connectivity index (χ3v) is 7.54. The third kappa shape index (κ3) is 7.58. The van der Waals surface area contributed by atoms with Crippen LogP contribution in [0.2, 0.25) is 0 Å². The van der Waals surface area contributed by atoms with E-state index in [0.29, 0.717) is 45.1 Å². The number of urea groups is 1. The van der Waals surface area contributed by atoms with E-state index >= 15 is 0 Å². The summed E-state index contributed by atoms with van der Waals surface area (Å²) < 4.78 is 39.8. The van der Waals surface area contributed by atoms with Crippen molar-refractivity contribution in [1.29, 1.82) is 0 Å². The number of hydrogen-bond acceptors (Lipinski definition) is 5. The maximum Gasteiger partial charge on any atom is 0.416 e. The van der Waals surface area contributed by atoms with Crippen LogP contribution in [-0.2, 0) is 12.6 Å². The highest BCUT2D eigenvalue weighted by Crippen LogP contribution is 2.31. The number of benzene rings is 4. The van der Waals surface area contributed by atoms with E-state index in [9.17, 15) is 27.6 Å². The van der Waals surface area contributed by atoms with Crippen molar-refractivity contribution < 1.29 is 27.6 Å². The number of halogens is 3. The molecular weight excluding hydrogens is 591 g/mol. The van der Waals surface area contributed by atoms with Gasteiger partial charge in [-0.3, -0.25) is 14.9 Å². The lowest BCUT2D eigenvalue weighted by Crippen LogP contribution is -2.30.